The van der Waals surface area contributed by atoms with E-state index in [4.69, 9.17) is 5.73 Å². The third-order valence-electron chi connectivity index (χ3n) is 1.83. The van der Waals surface area contributed by atoms with Crippen molar-refractivity contribution < 1.29 is 0 Å². The molecule has 0 spiro atoms. The molecule has 1 aromatic rings. The molecule has 1 atom stereocenters. The minimum atomic E-state index is 0. The van der Waals surface area contributed by atoms with Crippen LogP contribution in [0.1, 0.15) is 31.7 Å². The molecule has 0 amide bonds. The molecule has 0 aromatic carbocycles. The molecule has 0 saturated carbocycles. The zero-order valence-electron chi connectivity index (χ0n) is 8.00. The van der Waals surface area contributed by atoms with Crippen LogP contribution in [-0.4, -0.2) is 0 Å². The number of rotatable bonds is 1. The molecule has 1 heterocycles. The molecule has 0 saturated heterocycles. The first-order valence-electron chi connectivity index (χ1n) is 3.92. The Hall–Kier alpha value is 0.430. The molecule has 2 N–H and O–H groups in total. The fraction of sp³-hybridized carbons (Fsp3) is 0.556. The summed E-state index contributed by atoms with van der Waals surface area (Å²) in [5.41, 5.74) is 6.22. The van der Waals surface area contributed by atoms with Crippen LogP contribution in [0, 0.1) is 5.41 Å². The molecule has 0 unspecified atom stereocenters. The van der Waals surface area contributed by atoms with Gasteiger partial charge in [0.05, 0.1) is 3.79 Å². The summed E-state index contributed by atoms with van der Waals surface area (Å²) in [6.07, 6.45) is 0. The maximum Gasteiger partial charge on any atom is 0.0701 e. The molecule has 1 rings (SSSR count). The fourth-order valence-corrected chi connectivity index (χ4v) is 2.59. The molecule has 0 bridgehead atoms. The molecule has 0 aliphatic heterocycles. The van der Waals surface area contributed by atoms with E-state index in [1.165, 1.54) is 4.88 Å². The van der Waals surface area contributed by atoms with Crippen LogP contribution in [0.3, 0.4) is 0 Å². The van der Waals surface area contributed by atoms with Gasteiger partial charge in [-0.2, -0.15) is 0 Å². The largest absolute Gasteiger partial charge is 0.323 e. The zero-order chi connectivity index (χ0) is 9.35. The van der Waals surface area contributed by atoms with Gasteiger partial charge in [0.2, 0.25) is 0 Å². The van der Waals surface area contributed by atoms with Gasteiger partial charge in [0, 0.05) is 10.9 Å². The van der Waals surface area contributed by atoms with Crippen LogP contribution in [0.5, 0.6) is 0 Å². The zero-order valence-corrected chi connectivity index (χ0v) is 11.2. The van der Waals surface area contributed by atoms with Crippen LogP contribution >= 0.6 is 39.7 Å². The van der Waals surface area contributed by atoms with Crippen molar-refractivity contribution in [1.29, 1.82) is 0 Å². The Balaban J connectivity index is 0.00000144. The Bertz CT molecular complexity index is 267. The van der Waals surface area contributed by atoms with E-state index < -0.39 is 0 Å². The molecule has 0 radical (unpaired) electrons. The highest BCUT2D eigenvalue weighted by molar-refractivity contribution is 9.11. The average Bonchev–Trinajstić information content (AvgIpc) is 2.32. The lowest BCUT2D eigenvalue weighted by molar-refractivity contribution is 0.331. The van der Waals surface area contributed by atoms with Crippen LogP contribution in [0.2, 0.25) is 0 Å². The van der Waals surface area contributed by atoms with Crippen LogP contribution in [0.25, 0.3) is 0 Å². The first-order valence-corrected chi connectivity index (χ1v) is 5.53. The van der Waals surface area contributed by atoms with E-state index in [0.717, 1.165) is 3.79 Å². The normalized spacial score (nSPS) is 13.6. The van der Waals surface area contributed by atoms with Crippen molar-refractivity contribution >= 4 is 39.7 Å². The van der Waals surface area contributed by atoms with Crippen molar-refractivity contribution in [3.8, 4) is 0 Å². The quantitative estimate of drug-likeness (QED) is 0.829. The van der Waals surface area contributed by atoms with E-state index in [-0.39, 0.29) is 23.9 Å². The van der Waals surface area contributed by atoms with Gasteiger partial charge in [-0.3, -0.25) is 0 Å². The van der Waals surface area contributed by atoms with E-state index in [9.17, 15) is 0 Å². The number of halogens is 2. The molecule has 0 fully saturated rings. The molecule has 4 heteroatoms. The second-order valence-corrected chi connectivity index (χ2v) is 6.48. The molecule has 0 aliphatic carbocycles. The second-order valence-electron chi connectivity index (χ2n) is 3.99. The van der Waals surface area contributed by atoms with Crippen molar-refractivity contribution in [2.45, 2.75) is 26.8 Å². The van der Waals surface area contributed by atoms with Gasteiger partial charge in [-0.15, -0.1) is 23.7 Å². The Morgan fingerprint density at radius 1 is 1.38 bits per heavy atom. The smallest absolute Gasteiger partial charge is 0.0701 e. The lowest BCUT2D eigenvalue weighted by Gasteiger charge is -2.25. The summed E-state index contributed by atoms with van der Waals surface area (Å²) in [6.45, 7) is 6.47. The van der Waals surface area contributed by atoms with Gasteiger partial charge in [-0.1, -0.05) is 20.8 Å². The van der Waals surface area contributed by atoms with Gasteiger partial charge < -0.3 is 5.73 Å². The number of nitrogens with two attached hydrogens (primary N) is 1. The number of hydrogen-bond donors (Lipinski definition) is 1. The summed E-state index contributed by atoms with van der Waals surface area (Å²) >= 11 is 5.14. The van der Waals surface area contributed by atoms with Gasteiger partial charge in [-0.05, 0) is 33.5 Å². The van der Waals surface area contributed by atoms with E-state index in [2.05, 4.69) is 42.8 Å². The van der Waals surface area contributed by atoms with E-state index in [1.807, 2.05) is 6.07 Å². The summed E-state index contributed by atoms with van der Waals surface area (Å²) in [6, 6.07) is 4.27. The third-order valence-corrected chi connectivity index (χ3v) is 3.54. The molecular formula is C9H15BrClNS. The summed E-state index contributed by atoms with van der Waals surface area (Å²) in [4.78, 5) is 1.24. The van der Waals surface area contributed by atoms with Crippen molar-refractivity contribution in [2.24, 2.45) is 11.1 Å². The average molecular weight is 285 g/mol. The molecule has 13 heavy (non-hydrogen) atoms. The summed E-state index contributed by atoms with van der Waals surface area (Å²) < 4.78 is 1.15. The van der Waals surface area contributed by atoms with E-state index >= 15 is 0 Å². The lowest BCUT2D eigenvalue weighted by atomic mass is 9.87. The maximum absolute atomic E-state index is 6.07. The number of hydrogen-bond acceptors (Lipinski definition) is 2. The number of thiophene rings is 1. The van der Waals surface area contributed by atoms with Crippen LogP contribution in [-0.2, 0) is 0 Å². The summed E-state index contributed by atoms with van der Waals surface area (Å²) in [5, 5.41) is 0. The Kier molecular flexibility index (Phi) is 4.94. The van der Waals surface area contributed by atoms with Gasteiger partial charge in [0.15, 0.2) is 0 Å². The molecule has 1 nitrogen and oxygen atoms in total. The minimum absolute atomic E-state index is 0. The topological polar surface area (TPSA) is 26.0 Å². The monoisotopic (exact) mass is 283 g/mol. The van der Waals surface area contributed by atoms with Crippen molar-refractivity contribution in [2.75, 3.05) is 0 Å². The Morgan fingerprint density at radius 3 is 2.23 bits per heavy atom. The maximum atomic E-state index is 6.07. The second kappa shape index (κ2) is 4.78. The highest BCUT2D eigenvalue weighted by Gasteiger charge is 2.23. The third kappa shape index (κ3) is 3.58. The standard InChI is InChI=1S/C9H14BrNS.ClH/c1-9(2,3)8(11)6-4-5-7(10)12-6;/h4-5,8H,11H2,1-3H3;1H/t8-;/m1./s1. The SMILES string of the molecule is CC(C)(C)[C@H](N)c1ccc(Br)s1.Cl. The lowest BCUT2D eigenvalue weighted by Crippen LogP contribution is -2.25. The minimum Gasteiger partial charge on any atom is -0.323 e. The van der Waals surface area contributed by atoms with Crippen molar-refractivity contribution in [3.05, 3.63) is 20.8 Å². The molecule has 0 aliphatic rings. The summed E-state index contributed by atoms with van der Waals surface area (Å²) in [7, 11) is 0. The van der Waals surface area contributed by atoms with Gasteiger partial charge in [-0.25, -0.2) is 0 Å². The predicted molar refractivity (Wildman–Crippen MR) is 65.7 cm³/mol. The Morgan fingerprint density at radius 2 is 1.92 bits per heavy atom. The predicted octanol–water partition coefficient (Wildman–Crippen LogP) is 3.98. The van der Waals surface area contributed by atoms with Gasteiger partial charge in [0.1, 0.15) is 0 Å². The van der Waals surface area contributed by atoms with Crippen LogP contribution in [0.15, 0.2) is 15.9 Å². The van der Waals surface area contributed by atoms with Crippen molar-refractivity contribution in [3.63, 3.8) is 0 Å². The fourth-order valence-electron chi connectivity index (χ4n) is 0.922. The first-order chi connectivity index (χ1) is 5.41. The molecular weight excluding hydrogens is 270 g/mol. The highest BCUT2D eigenvalue weighted by atomic mass is 79.9. The first kappa shape index (κ1) is 13.4. The van der Waals surface area contributed by atoms with E-state index in [1.54, 1.807) is 11.3 Å². The Labute approximate surface area is 98.3 Å². The van der Waals surface area contributed by atoms with Gasteiger partial charge >= 0.3 is 0 Å². The highest BCUT2D eigenvalue weighted by Crippen LogP contribution is 2.35. The molecule has 76 valence electrons. The molecule has 1 aromatic heterocycles. The van der Waals surface area contributed by atoms with Crippen LogP contribution < -0.4 is 5.73 Å². The van der Waals surface area contributed by atoms with E-state index in [0.29, 0.717) is 0 Å². The summed E-state index contributed by atoms with van der Waals surface area (Å²) in [5.74, 6) is 0. The van der Waals surface area contributed by atoms with Crippen LogP contribution in [0.4, 0.5) is 0 Å². The van der Waals surface area contributed by atoms with Gasteiger partial charge in [0.25, 0.3) is 0 Å². The van der Waals surface area contributed by atoms with Crippen molar-refractivity contribution in [1.82, 2.24) is 0 Å².